The van der Waals surface area contributed by atoms with Crippen LogP contribution in [0.2, 0.25) is 0 Å². The van der Waals surface area contributed by atoms with Crippen molar-refractivity contribution in [1.29, 1.82) is 0 Å². The SMILES string of the molecule is Cc1ccc2cc(-c3nnnn3CC(=O)O)sc2c1. The van der Waals surface area contributed by atoms with Gasteiger partial charge in [-0.2, -0.15) is 0 Å². The summed E-state index contributed by atoms with van der Waals surface area (Å²) in [6.45, 7) is 1.79. The largest absolute Gasteiger partial charge is 0.480 e. The molecule has 0 atom stereocenters. The van der Waals surface area contributed by atoms with Gasteiger partial charge in [0.15, 0.2) is 5.82 Å². The summed E-state index contributed by atoms with van der Waals surface area (Å²) in [5, 5.41) is 21.1. The lowest BCUT2D eigenvalue weighted by Gasteiger charge is -1.97. The van der Waals surface area contributed by atoms with Crippen LogP contribution in [0.15, 0.2) is 24.3 Å². The number of benzene rings is 1. The van der Waals surface area contributed by atoms with Crippen molar-refractivity contribution in [2.24, 2.45) is 0 Å². The van der Waals surface area contributed by atoms with E-state index in [0.717, 1.165) is 15.0 Å². The summed E-state index contributed by atoms with van der Waals surface area (Å²) in [5.74, 6) is -0.480. The van der Waals surface area contributed by atoms with Gasteiger partial charge >= 0.3 is 5.97 Å². The van der Waals surface area contributed by atoms with Crippen LogP contribution in [0.25, 0.3) is 20.8 Å². The predicted octanol–water partition coefficient (Wildman–Crippen LogP) is 1.95. The fourth-order valence-electron chi connectivity index (χ4n) is 1.86. The van der Waals surface area contributed by atoms with Gasteiger partial charge in [0.25, 0.3) is 0 Å². The molecule has 96 valence electrons. The first-order valence-electron chi connectivity index (χ1n) is 5.62. The minimum atomic E-state index is -0.967. The van der Waals surface area contributed by atoms with Crippen LogP contribution < -0.4 is 0 Å². The second kappa shape index (κ2) is 4.43. The third kappa shape index (κ3) is 2.19. The van der Waals surface area contributed by atoms with Crippen molar-refractivity contribution in [3.05, 3.63) is 29.8 Å². The van der Waals surface area contributed by atoms with E-state index in [1.54, 1.807) is 11.3 Å². The van der Waals surface area contributed by atoms with E-state index < -0.39 is 5.97 Å². The van der Waals surface area contributed by atoms with Gasteiger partial charge in [0.05, 0.1) is 4.88 Å². The van der Waals surface area contributed by atoms with E-state index in [1.807, 2.05) is 25.1 Å². The number of aliphatic carboxylic acids is 1. The minimum absolute atomic E-state index is 0.240. The number of thiophene rings is 1. The zero-order valence-electron chi connectivity index (χ0n) is 10.1. The molecule has 6 nitrogen and oxygen atoms in total. The molecule has 2 aromatic heterocycles. The molecule has 0 amide bonds. The standard InChI is InChI=1S/C12H10N4O2S/c1-7-2-3-8-5-10(19-9(8)4-7)12-13-14-15-16(12)6-11(17)18/h2-5H,6H2,1H3,(H,17,18). The van der Waals surface area contributed by atoms with E-state index in [0.29, 0.717) is 5.82 Å². The Bertz CT molecular complexity index is 762. The maximum absolute atomic E-state index is 10.8. The topological polar surface area (TPSA) is 80.9 Å². The van der Waals surface area contributed by atoms with Gasteiger partial charge < -0.3 is 5.11 Å². The summed E-state index contributed by atoms with van der Waals surface area (Å²) in [6, 6.07) is 8.15. The molecule has 0 aliphatic rings. The smallest absolute Gasteiger partial charge is 0.325 e. The Hall–Kier alpha value is -2.28. The Morgan fingerprint density at radius 2 is 2.26 bits per heavy atom. The molecule has 0 saturated carbocycles. The zero-order chi connectivity index (χ0) is 13.4. The molecule has 0 radical (unpaired) electrons. The normalized spacial score (nSPS) is 11.0. The van der Waals surface area contributed by atoms with E-state index in [9.17, 15) is 4.79 Å². The highest BCUT2D eigenvalue weighted by Gasteiger charge is 2.14. The number of carboxylic acid groups (broad SMARTS) is 1. The molecule has 2 heterocycles. The summed E-state index contributed by atoms with van der Waals surface area (Å²) >= 11 is 1.55. The molecule has 3 aromatic rings. The fourth-order valence-corrected chi connectivity index (χ4v) is 3.01. The number of aryl methyl sites for hydroxylation is 1. The predicted molar refractivity (Wildman–Crippen MR) is 71.0 cm³/mol. The first kappa shape index (κ1) is 11.8. The second-order valence-corrected chi connectivity index (χ2v) is 5.29. The number of rotatable bonds is 3. The zero-order valence-corrected chi connectivity index (χ0v) is 10.9. The first-order valence-corrected chi connectivity index (χ1v) is 6.43. The second-order valence-electron chi connectivity index (χ2n) is 4.21. The molecule has 0 aliphatic heterocycles. The number of carboxylic acids is 1. The molecule has 0 saturated heterocycles. The highest BCUT2D eigenvalue weighted by atomic mass is 32.1. The lowest BCUT2D eigenvalue weighted by molar-refractivity contribution is -0.137. The van der Waals surface area contributed by atoms with Gasteiger partial charge in [0.1, 0.15) is 6.54 Å². The van der Waals surface area contributed by atoms with Crippen molar-refractivity contribution in [3.63, 3.8) is 0 Å². The Morgan fingerprint density at radius 3 is 3.05 bits per heavy atom. The van der Waals surface area contributed by atoms with Gasteiger partial charge in [0, 0.05) is 4.70 Å². The number of carbonyl (C=O) groups is 1. The van der Waals surface area contributed by atoms with Gasteiger partial charge in [-0.1, -0.05) is 12.1 Å². The van der Waals surface area contributed by atoms with Crippen LogP contribution in [0.4, 0.5) is 0 Å². The molecule has 0 unspecified atom stereocenters. The number of hydrogen-bond acceptors (Lipinski definition) is 5. The highest BCUT2D eigenvalue weighted by Crippen LogP contribution is 2.32. The van der Waals surface area contributed by atoms with E-state index in [4.69, 9.17) is 5.11 Å². The maximum atomic E-state index is 10.8. The Kier molecular flexibility index (Phi) is 2.75. The Labute approximate surface area is 112 Å². The fraction of sp³-hybridized carbons (Fsp3) is 0.167. The molecular weight excluding hydrogens is 264 g/mol. The van der Waals surface area contributed by atoms with Crippen LogP contribution in [-0.2, 0) is 11.3 Å². The number of nitrogens with zero attached hydrogens (tertiary/aromatic N) is 4. The molecule has 19 heavy (non-hydrogen) atoms. The molecule has 0 fully saturated rings. The Morgan fingerprint density at radius 1 is 1.42 bits per heavy atom. The van der Waals surface area contributed by atoms with Crippen molar-refractivity contribution in [2.75, 3.05) is 0 Å². The maximum Gasteiger partial charge on any atom is 0.325 e. The minimum Gasteiger partial charge on any atom is -0.480 e. The van der Waals surface area contributed by atoms with Crippen LogP contribution >= 0.6 is 11.3 Å². The average molecular weight is 274 g/mol. The Balaban J connectivity index is 2.09. The monoisotopic (exact) mass is 274 g/mol. The third-order valence-electron chi connectivity index (χ3n) is 2.71. The number of aromatic nitrogens is 4. The quantitative estimate of drug-likeness (QED) is 0.789. The summed E-state index contributed by atoms with van der Waals surface area (Å²) < 4.78 is 2.43. The molecule has 0 aliphatic carbocycles. The van der Waals surface area contributed by atoms with Crippen LogP contribution in [-0.4, -0.2) is 31.3 Å². The van der Waals surface area contributed by atoms with Crippen molar-refractivity contribution >= 4 is 27.4 Å². The van der Waals surface area contributed by atoms with Gasteiger partial charge in [-0.3, -0.25) is 4.79 Å². The highest BCUT2D eigenvalue weighted by molar-refractivity contribution is 7.22. The molecular formula is C12H10N4O2S. The van der Waals surface area contributed by atoms with E-state index in [1.165, 1.54) is 10.2 Å². The van der Waals surface area contributed by atoms with E-state index >= 15 is 0 Å². The van der Waals surface area contributed by atoms with Crippen molar-refractivity contribution < 1.29 is 9.90 Å². The molecule has 1 aromatic carbocycles. The average Bonchev–Trinajstić information content (AvgIpc) is 2.93. The van der Waals surface area contributed by atoms with E-state index in [-0.39, 0.29) is 6.54 Å². The van der Waals surface area contributed by atoms with Gasteiger partial charge in [-0.05, 0) is 40.4 Å². The molecule has 7 heteroatoms. The van der Waals surface area contributed by atoms with Crippen LogP contribution in [0.3, 0.4) is 0 Å². The van der Waals surface area contributed by atoms with E-state index in [2.05, 4.69) is 21.6 Å². The van der Waals surface area contributed by atoms with Crippen molar-refractivity contribution in [1.82, 2.24) is 20.2 Å². The van der Waals surface area contributed by atoms with Gasteiger partial charge in [0.2, 0.25) is 0 Å². The summed E-state index contributed by atoms with van der Waals surface area (Å²) in [6.07, 6.45) is 0. The lowest BCUT2D eigenvalue weighted by atomic mass is 10.2. The van der Waals surface area contributed by atoms with Crippen LogP contribution in [0, 0.1) is 6.92 Å². The van der Waals surface area contributed by atoms with Crippen molar-refractivity contribution in [2.45, 2.75) is 13.5 Å². The lowest BCUT2D eigenvalue weighted by Crippen LogP contribution is -2.11. The first-order chi connectivity index (χ1) is 9.13. The summed E-state index contributed by atoms with van der Waals surface area (Å²) in [4.78, 5) is 11.6. The third-order valence-corrected chi connectivity index (χ3v) is 3.81. The van der Waals surface area contributed by atoms with Gasteiger partial charge in [-0.25, -0.2) is 4.68 Å². The molecule has 0 bridgehead atoms. The summed E-state index contributed by atoms with van der Waals surface area (Å²) in [7, 11) is 0. The van der Waals surface area contributed by atoms with Crippen molar-refractivity contribution in [3.8, 4) is 10.7 Å². The number of hydrogen-bond donors (Lipinski definition) is 1. The molecule has 0 spiro atoms. The number of fused-ring (bicyclic) bond motifs is 1. The van der Waals surface area contributed by atoms with Crippen LogP contribution in [0.5, 0.6) is 0 Å². The van der Waals surface area contributed by atoms with Crippen LogP contribution in [0.1, 0.15) is 5.56 Å². The summed E-state index contributed by atoms with van der Waals surface area (Å²) in [5.41, 5.74) is 1.19. The molecule has 1 N–H and O–H groups in total. The van der Waals surface area contributed by atoms with Gasteiger partial charge in [-0.15, -0.1) is 16.4 Å². The molecule has 3 rings (SSSR count). The number of tetrazole rings is 1.